The van der Waals surface area contributed by atoms with Gasteiger partial charge >= 0.3 is 5.97 Å². The van der Waals surface area contributed by atoms with Crippen LogP contribution in [0.2, 0.25) is 0 Å². The van der Waals surface area contributed by atoms with E-state index in [1.807, 2.05) is 22.6 Å². The molecular formula is C13H14FIN4O2. The molecule has 2 aromatic rings. The van der Waals surface area contributed by atoms with Gasteiger partial charge in [0.05, 0.1) is 12.0 Å². The number of nitrogens with zero attached hydrogens (tertiary/aromatic N) is 4. The minimum atomic E-state index is -0.963. The molecule has 1 unspecified atom stereocenters. The predicted molar refractivity (Wildman–Crippen MR) is 82.0 cm³/mol. The van der Waals surface area contributed by atoms with Crippen molar-refractivity contribution < 1.29 is 14.3 Å². The number of carboxylic acids is 1. The Bertz CT molecular complexity index is 676. The molecule has 1 N–H and O–H groups in total. The highest BCUT2D eigenvalue weighted by atomic mass is 127. The summed E-state index contributed by atoms with van der Waals surface area (Å²) in [5.41, 5.74) is -0.291. The highest BCUT2D eigenvalue weighted by Crippen LogP contribution is 2.28. The Labute approximate surface area is 134 Å². The number of benzene rings is 1. The minimum Gasteiger partial charge on any atom is -0.481 e. The molecule has 1 heterocycles. The first kappa shape index (κ1) is 15.8. The molecule has 0 radical (unpaired) electrons. The van der Waals surface area contributed by atoms with Crippen LogP contribution < -0.4 is 0 Å². The van der Waals surface area contributed by atoms with E-state index in [9.17, 15) is 14.3 Å². The van der Waals surface area contributed by atoms with Crippen LogP contribution in [-0.4, -0.2) is 31.3 Å². The highest BCUT2D eigenvalue weighted by molar-refractivity contribution is 14.1. The zero-order chi connectivity index (χ0) is 15.6. The first-order chi connectivity index (χ1) is 9.87. The van der Waals surface area contributed by atoms with E-state index >= 15 is 0 Å². The molecule has 0 aliphatic heterocycles. The summed E-state index contributed by atoms with van der Waals surface area (Å²) < 4.78 is 15.3. The fourth-order valence-corrected chi connectivity index (χ4v) is 2.55. The molecule has 0 amide bonds. The van der Waals surface area contributed by atoms with Gasteiger partial charge in [-0.15, -0.1) is 5.10 Å². The van der Waals surface area contributed by atoms with Crippen LogP contribution in [0, 0.1) is 14.8 Å². The summed E-state index contributed by atoms with van der Waals surface area (Å²) in [6.07, 6.45) is 0.447. The largest absolute Gasteiger partial charge is 0.481 e. The molecule has 6 nitrogen and oxygen atoms in total. The van der Waals surface area contributed by atoms with Gasteiger partial charge in [-0.05, 0) is 64.6 Å². The molecule has 0 saturated carbocycles. The molecule has 0 bridgehead atoms. The van der Waals surface area contributed by atoms with Crippen LogP contribution in [0.5, 0.6) is 0 Å². The monoisotopic (exact) mass is 404 g/mol. The lowest BCUT2D eigenvalue weighted by atomic mass is 9.88. The van der Waals surface area contributed by atoms with Crippen LogP contribution in [0.3, 0.4) is 0 Å². The fourth-order valence-electron chi connectivity index (χ4n) is 1.84. The molecule has 1 atom stereocenters. The lowest BCUT2D eigenvalue weighted by Crippen LogP contribution is -2.32. The number of carboxylic acid groups (broad SMARTS) is 1. The summed E-state index contributed by atoms with van der Waals surface area (Å²) in [4.78, 5) is 11.4. The van der Waals surface area contributed by atoms with E-state index in [4.69, 9.17) is 0 Å². The molecule has 21 heavy (non-hydrogen) atoms. The highest BCUT2D eigenvalue weighted by Gasteiger charge is 2.33. The van der Waals surface area contributed by atoms with Crippen molar-refractivity contribution in [3.63, 3.8) is 0 Å². The maximum atomic E-state index is 13.2. The standard InChI is InChI=1S/C13H14FIN4O2/c1-3-13(2,12(20)21)7-19-11(16-17-18-19)9-5-4-8(14)6-10(9)15/h4-6H,3,7H2,1-2H3,(H,20,21). The Balaban J connectivity index is 2.41. The predicted octanol–water partition coefficient (Wildman–Crippen LogP) is 2.58. The molecular weight excluding hydrogens is 390 g/mol. The SMILES string of the molecule is CCC(C)(Cn1nnnc1-c1ccc(F)cc1I)C(=O)O. The van der Waals surface area contributed by atoms with Crippen LogP contribution in [0.1, 0.15) is 20.3 Å². The lowest BCUT2D eigenvalue weighted by molar-refractivity contribution is -0.149. The van der Waals surface area contributed by atoms with Crippen molar-refractivity contribution in [1.29, 1.82) is 0 Å². The summed E-state index contributed by atoms with van der Waals surface area (Å²) in [6, 6.07) is 4.29. The van der Waals surface area contributed by atoms with Crippen molar-refractivity contribution in [2.45, 2.75) is 26.8 Å². The van der Waals surface area contributed by atoms with Gasteiger partial charge in [0.15, 0.2) is 5.82 Å². The Morgan fingerprint density at radius 2 is 2.24 bits per heavy atom. The number of hydrogen-bond donors (Lipinski definition) is 1. The van der Waals surface area contributed by atoms with Gasteiger partial charge in [0.25, 0.3) is 0 Å². The second-order valence-corrected chi connectivity index (χ2v) is 6.17. The molecule has 0 spiro atoms. The van der Waals surface area contributed by atoms with Crippen LogP contribution in [0.4, 0.5) is 4.39 Å². The van der Waals surface area contributed by atoms with Gasteiger partial charge in [0, 0.05) is 9.13 Å². The van der Waals surface area contributed by atoms with Gasteiger partial charge in [0.2, 0.25) is 0 Å². The normalized spacial score (nSPS) is 13.9. The van der Waals surface area contributed by atoms with Crippen molar-refractivity contribution in [3.8, 4) is 11.4 Å². The first-order valence-electron chi connectivity index (χ1n) is 6.32. The van der Waals surface area contributed by atoms with E-state index in [1.54, 1.807) is 19.9 Å². The molecule has 0 aliphatic carbocycles. The maximum absolute atomic E-state index is 13.2. The van der Waals surface area contributed by atoms with E-state index in [-0.39, 0.29) is 12.4 Å². The summed E-state index contributed by atoms with van der Waals surface area (Å²) in [7, 11) is 0. The maximum Gasteiger partial charge on any atom is 0.311 e. The number of halogens is 2. The fraction of sp³-hybridized carbons (Fsp3) is 0.385. The topological polar surface area (TPSA) is 80.9 Å². The Morgan fingerprint density at radius 1 is 1.52 bits per heavy atom. The van der Waals surface area contributed by atoms with Crippen LogP contribution in [0.25, 0.3) is 11.4 Å². The molecule has 0 saturated heterocycles. The molecule has 0 aliphatic rings. The summed E-state index contributed by atoms with van der Waals surface area (Å²) in [5, 5.41) is 20.8. The molecule has 1 aromatic heterocycles. The van der Waals surface area contributed by atoms with Crippen LogP contribution >= 0.6 is 22.6 Å². The second kappa shape index (κ2) is 6.04. The van der Waals surface area contributed by atoms with Crippen molar-refractivity contribution >= 4 is 28.6 Å². The molecule has 0 fully saturated rings. The van der Waals surface area contributed by atoms with Gasteiger partial charge in [-0.3, -0.25) is 4.79 Å². The van der Waals surface area contributed by atoms with E-state index in [2.05, 4.69) is 15.5 Å². The number of aliphatic carboxylic acids is 1. The minimum absolute atomic E-state index is 0.147. The Hall–Kier alpha value is -1.58. The second-order valence-electron chi connectivity index (χ2n) is 5.00. The van der Waals surface area contributed by atoms with Gasteiger partial charge in [-0.25, -0.2) is 9.07 Å². The van der Waals surface area contributed by atoms with Crippen molar-refractivity contribution in [2.75, 3.05) is 0 Å². The number of hydrogen-bond acceptors (Lipinski definition) is 4. The quantitative estimate of drug-likeness (QED) is 0.775. The molecule has 2 rings (SSSR count). The van der Waals surface area contributed by atoms with E-state index in [0.717, 1.165) is 0 Å². The summed E-state index contributed by atoms with van der Waals surface area (Å²) in [5.74, 6) is -0.813. The number of rotatable bonds is 5. The van der Waals surface area contributed by atoms with Gasteiger partial charge in [0.1, 0.15) is 5.82 Å². The average molecular weight is 404 g/mol. The van der Waals surface area contributed by atoms with Crippen molar-refractivity contribution in [3.05, 3.63) is 27.6 Å². The van der Waals surface area contributed by atoms with Crippen molar-refractivity contribution in [2.24, 2.45) is 5.41 Å². The number of tetrazole rings is 1. The van der Waals surface area contributed by atoms with Crippen molar-refractivity contribution in [1.82, 2.24) is 20.2 Å². The molecule has 1 aromatic carbocycles. The van der Waals surface area contributed by atoms with E-state index in [0.29, 0.717) is 21.4 Å². The first-order valence-corrected chi connectivity index (χ1v) is 7.40. The van der Waals surface area contributed by atoms with E-state index in [1.165, 1.54) is 16.8 Å². The summed E-state index contributed by atoms with van der Waals surface area (Å²) >= 11 is 2.00. The number of carbonyl (C=O) groups is 1. The van der Waals surface area contributed by atoms with Crippen LogP contribution in [-0.2, 0) is 11.3 Å². The van der Waals surface area contributed by atoms with E-state index < -0.39 is 11.4 Å². The van der Waals surface area contributed by atoms with Gasteiger partial charge in [-0.2, -0.15) is 0 Å². The molecule has 8 heteroatoms. The average Bonchev–Trinajstić information content (AvgIpc) is 2.86. The van der Waals surface area contributed by atoms with Crippen LogP contribution in [0.15, 0.2) is 18.2 Å². The van der Waals surface area contributed by atoms with Gasteiger partial charge in [-0.1, -0.05) is 6.92 Å². The third-order valence-corrected chi connectivity index (χ3v) is 4.39. The molecule has 112 valence electrons. The lowest BCUT2D eigenvalue weighted by Gasteiger charge is -2.22. The third kappa shape index (κ3) is 3.20. The zero-order valence-corrected chi connectivity index (χ0v) is 13.7. The Morgan fingerprint density at radius 3 is 2.81 bits per heavy atom. The Kier molecular flexibility index (Phi) is 4.55. The zero-order valence-electron chi connectivity index (χ0n) is 11.5. The van der Waals surface area contributed by atoms with Gasteiger partial charge < -0.3 is 5.11 Å². The number of aromatic nitrogens is 4. The third-order valence-electron chi connectivity index (χ3n) is 3.50. The smallest absolute Gasteiger partial charge is 0.311 e. The summed E-state index contributed by atoms with van der Waals surface area (Å²) in [6.45, 7) is 3.60.